The van der Waals surface area contributed by atoms with Gasteiger partial charge in [-0.2, -0.15) is 0 Å². The van der Waals surface area contributed by atoms with Gasteiger partial charge in [0.25, 0.3) is 0 Å². The van der Waals surface area contributed by atoms with E-state index in [1.54, 1.807) is 0 Å². The molecule has 1 aromatic carbocycles. The summed E-state index contributed by atoms with van der Waals surface area (Å²) in [6, 6.07) is 10.8. The van der Waals surface area contributed by atoms with E-state index in [-0.39, 0.29) is 0 Å². The minimum absolute atomic E-state index is 0.666. The van der Waals surface area contributed by atoms with E-state index in [0.29, 0.717) is 16.7 Å². The summed E-state index contributed by atoms with van der Waals surface area (Å²) in [7, 11) is 0. The monoisotopic (exact) mass is 289 g/mol. The topological polar surface area (TPSA) is 12.9 Å². The smallest absolute Gasteiger partial charge is 0.0704 e. The molecule has 17 heavy (non-hydrogen) atoms. The largest absolute Gasteiger partial charge is 0.256 e. The fourth-order valence-electron chi connectivity index (χ4n) is 3.01. The molecule has 1 saturated carbocycles. The predicted octanol–water partition coefficient (Wildman–Crippen LogP) is 4.51. The van der Waals surface area contributed by atoms with Gasteiger partial charge in [0.2, 0.25) is 0 Å². The van der Waals surface area contributed by atoms with Crippen LogP contribution in [0.4, 0.5) is 0 Å². The molecule has 0 aliphatic heterocycles. The average molecular weight is 290 g/mol. The molecule has 1 aliphatic carbocycles. The van der Waals surface area contributed by atoms with Crippen LogP contribution in [0, 0.1) is 5.92 Å². The average Bonchev–Trinajstić information content (AvgIpc) is 2.69. The molecule has 0 saturated heterocycles. The van der Waals surface area contributed by atoms with E-state index in [9.17, 15) is 0 Å². The molecule has 0 spiro atoms. The second-order valence-corrected chi connectivity index (χ2v) is 6.15. The van der Waals surface area contributed by atoms with Crippen LogP contribution in [0.5, 0.6) is 0 Å². The molecule has 1 nitrogen and oxygen atoms in total. The number of hydrogen-bond donors (Lipinski definition) is 0. The zero-order chi connectivity index (χ0) is 11.8. The van der Waals surface area contributed by atoms with Crippen LogP contribution in [0.1, 0.15) is 31.2 Å². The number of rotatable bonds is 1. The Morgan fingerprint density at radius 3 is 2.82 bits per heavy atom. The van der Waals surface area contributed by atoms with Crippen molar-refractivity contribution < 1.29 is 0 Å². The zero-order valence-electron chi connectivity index (χ0n) is 9.94. The lowest BCUT2D eigenvalue weighted by molar-refractivity contribution is 0.548. The van der Waals surface area contributed by atoms with E-state index in [1.165, 1.54) is 23.8 Å². The van der Waals surface area contributed by atoms with Crippen molar-refractivity contribution in [3.8, 4) is 0 Å². The maximum atomic E-state index is 4.45. The fraction of sp³-hybridized carbons (Fsp3) is 0.400. The highest BCUT2D eigenvalue weighted by molar-refractivity contribution is 9.09. The standard InChI is InChI=1S/C15H16BrN/c1-10-11(7-8-14(10)16)12-4-2-6-15-13(12)5-3-9-17-15/h2-6,9-11,14H,7-8H2,1H3. The summed E-state index contributed by atoms with van der Waals surface area (Å²) in [6.07, 6.45) is 4.44. The van der Waals surface area contributed by atoms with Crippen LogP contribution in [0.3, 0.4) is 0 Å². The molecule has 0 N–H and O–H groups in total. The van der Waals surface area contributed by atoms with Crippen molar-refractivity contribution in [3.05, 3.63) is 42.1 Å². The van der Waals surface area contributed by atoms with Crippen LogP contribution in [0.25, 0.3) is 10.9 Å². The Labute approximate surface area is 110 Å². The third kappa shape index (κ3) is 1.89. The maximum absolute atomic E-state index is 4.45. The second-order valence-electron chi connectivity index (χ2n) is 4.98. The first kappa shape index (κ1) is 11.2. The number of halogens is 1. The Balaban J connectivity index is 2.11. The van der Waals surface area contributed by atoms with Crippen LogP contribution in [-0.4, -0.2) is 9.81 Å². The molecule has 2 aromatic rings. The number of alkyl halides is 1. The van der Waals surface area contributed by atoms with Crippen LogP contribution < -0.4 is 0 Å². The van der Waals surface area contributed by atoms with Gasteiger partial charge in [-0.05, 0) is 42.4 Å². The molecule has 1 fully saturated rings. The molecule has 1 aromatic heterocycles. The Hall–Kier alpha value is -0.890. The van der Waals surface area contributed by atoms with Crippen molar-refractivity contribution in [1.82, 2.24) is 4.98 Å². The first-order chi connectivity index (χ1) is 8.27. The lowest BCUT2D eigenvalue weighted by Crippen LogP contribution is -2.09. The van der Waals surface area contributed by atoms with Gasteiger partial charge in [0, 0.05) is 16.4 Å². The third-order valence-electron chi connectivity index (χ3n) is 4.04. The Morgan fingerprint density at radius 2 is 2.06 bits per heavy atom. The number of pyridine rings is 1. The summed E-state index contributed by atoms with van der Waals surface area (Å²) < 4.78 is 0. The summed E-state index contributed by atoms with van der Waals surface area (Å²) >= 11 is 3.79. The molecule has 0 radical (unpaired) electrons. The molecule has 3 rings (SSSR count). The Morgan fingerprint density at radius 1 is 1.18 bits per heavy atom. The molecule has 0 bridgehead atoms. The fourth-order valence-corrected chi connectivity index (χ4v) is 3.64. The second kappa shape index (κ2) is 4.41. The molecule has 2 heteroatoms. The van der Waals surface area contributed by atoms with Gasteiger partial charge in [0.1, 0.15) is 0 Å². The summed E-state index contributed by atoms with van der Waals surface area (Å²) in [5, 5.41) is 1.33. The zero-order valence-corrected chi connectivity index (χ0v) is 11.5. The van der Waals surface area contributed by atoms with Gasteiger partial charge in [-0.1, -0.05) is 41.1 Å². The molecule has 3 unspecified atom stereocenters. The number of aromatic nitrogens is 1. The van der Waals surface area contributed by atoms with E-state index in [0.717, 1.165) is 5.52 Å². The lowest BCUT2D eigenvalue weighted by atomic mass is 9.88. The van der Waals surface area contributed by atoms with Crippen LogP contribution >= 0.6 is 15.9 Å². The van der Waals surface area contributed by atoms with E-state index < -0.39 is 0 Å². The SMILES string of the molecule is CC1C(Br)CCC1c1cccc2ncccc12. The molecule has 1 heterocycles. The van der Waals surface area contributed by atoms with Gasteiger partial charge >= 0.3 is 0 Å². The van der Waals surface area contributed by atoms with Crippen LogP contribution in [-0.2, 0) is 0 Å². The van der Waals surface area contributed by atoms with Crippen molar-refractivity contribution in [2.45, 2.75) is 30.5 Å². The van der Waals surface area contributed by atoms with Crippen LogP contribution in [0.2, 0.25) is 0 Å². The minimum Gasteiger partial charge on any atom is -0.256 e. The summed E-state index contributed by atoms with van der Waals surface area (Å²) in [5.74, 6) is 1.38. The van der Waals surface area contributed by atoms with Gasteiger partial charge in [-0.25, -0.2) is 0 Å². The first-order valence-corrected chi connectivity index (χ1v) is 7.16. The van der Waals surface area contributed by atoms with Crippen molar-refractivity contribution >= 4 is 26.8 Å². The molecule has 88 valence electrons. The molecule has 1 aliphatic rings. The summed E-state index contributed by atoms with van der Waals surface area (Å²) in [5.41, 5.74) is 2.60. The van der Waals surface area contributed by atoms with E-state index in [4.69, 9.17) is 0 Å². The predicted molar refractivity (Wildman–Crippen MR) is 75.6 cm³/mol. The van der Waals surface area contributed by atoms with Gasteiger partial charge in [0.05, 0.1) is 5.52 Å². The first-order valence-electron chi connectivity index (χ1n) is 6.25. The number of nitrogens with zero attached hydrogens (tertiary/aromatic N) is 1. The van der Waals surface area contributed by atoms with Crippen LogP contribution in [0.15, 0.2) is 36.5 Å². The molecule has 3 atom stereocenters. The quantitative estimate of drug-likeness (QED) is 0.704. The van der Waals surface area contributed by atoms with Gasteiger partial charge < -0.3 is 0 Å². The Bertz CT molecular complexity index is 532. The molecular weight excluding hydrogens is 274 g/mol. The van der Waals surface area contributed by atoms with Crippen molar-refractivity contribution in [2.24, 2.45) is 5.92 Å². The molecule has 0 amide bonds. The Kier molecular flexibility index (Phi) is 2.91. The van der Waals surface area contributed by atoms with E-state index in [2.05, 4.69) is 52.1 Å². The van der Waals surface area contributed by atoms with Crippen molar-refractivity contribution in [2.75, 3.05) is 0 Å². The summed E-state index contributed by atoms with van der Waals surface area (Å²) in [6.45, 7) is 2.35. The third-order valence-corrected chi connectivity index (χ3v) is 5.33. The minimum atomic E-state index is 0.666. The maximum Gasteiger partial charge on any atom is 0.0704 e. The summed E-state index contributed by atoms with van der Waals surface area (Å²) in [4.78, 5) is 5.11. The lowest BCUT2D eigenvalue weighted by Gasteiger charge is -2.19. The van der Waals surface area contributed by atoms with Gasteiger partial charge in [-0.3, -0.25) is 4.98 Å². The van der Waals surface area contributed by atoms with E-state index in [1.807, 2.05) is 12.3 Å². The number of fused-ring (bicyclic) bond motifs is 1. The highest BCUT2D eigenvalue weighted by Crippen LogP contribution is 2.44. The van der Waals surface area contributed by atoms with Crippen molar-refractivity contribution in [3.63, 3.8) is 0 Å². The van der Waals surface area contributed by atoms with Gasteiger partial charge in [-0.15, -0.1) is 0 Å². The van der Waals surface area contributed by atoms with Crippen molar-refractivity contribution in [1.29, 1.82) is 0 Å². The van der Waals surface area contributed by atoms with E-state index >= 15 is 0 Å². The number of hydrogen-bond acceptors (Lipinski definition) is 1. The highest BCUT2D eigenvalue weighted by Gasteiger charge is 2.32. The normalized spacial score (nSPS) is 28.7. The number of benzene rings is 1. The highest BCUT2D eigenvalue weighted by atomic mass is 79.9. The van der Waals surface area contributed by atoms with Gasteiger partial charge in [0.15, 0.2) is 0 Å². The molecular formula is C15H16BrN.